The Balaban J connectivity index is 1.86. The van der Waals surface area contributed by atoms with Crippen LogP contribution in [-0.2, 0) is 24.1 Å². The highest BCUT2D eigenvalue weighted by Crippen LogP contribution is 2.45. The highest BCUT2D eigenvalue weighted by Gasteiger charge is 2.39. The van der Waals surface area contributed by atoms with E-state index in [0.717, 1.165) is 10.4 Å². The average Bonchev–Trinajstić information content (AvgIpc) is 3.47. The quantitative estimate of drug-likeness (QED) is 0.402. The number of benzene rings is 1. The van der Waals surface area contributed by atoms with E-state index < -0.39 is 17.8 Å². The van der Waals surface area contributed by atoms with Crippen molar-refractivity contribution in [2.75, 3.05) is 27.2 Å². The van der Waals surface area contributed by atoms with E-state index in [1.807, 2.05) is 31.1 Å². The zero-order chi connectivity index (χ0) is 26.9. The van der Waals surface area contributed by atoms with Crippen molar-refractivity contribution < 1.29 is 18.0 Å². The fourth-order valence-electron chi connectivity index (χ4n) is 4.70. The number of nitrogens with zero attached hydrogens (tertiary/aromatic N) is 5. The van der Waals surface area contributed by atoms with Gasteiger partial charge in [0.15, 0.2) is 5.69 Å². The molecule has 1 aromatic carbocycles. The van der Waals surface area contributed by atoms with E-state index in [2.05, 4.69) is 11.2 Å². The lowest BCUT2D eigenvalue weighted by molar-refractivity contribution is -0.141. The zero-order valence-corrected chi connectivity index (χ0v) is 22.0. The van der Waals surface area contributed by atoms with Gasteiger partial charge in [-0.1, -0.05) is 24.3 Å². The molecule has 0 radical (unpaired) electrons. The van der Waals surface area contributed by atoms with Gasteiger partial charge in [-0.25, -0.2) is 0 Å². The topological polar surface area (TPSA) is 65.2 Å². The fraction of sp³-hybridized carbons (Fsp3) is 0.370. The SMILES string of the molecule is CCn1cc(-c2c(C)cccc2[C@@H]2CN(C(=O)/C=C/CN(C)C)Cc3sc(C#N)cc32)c(C(F)(F)F)n1. The van der Waals surface area contributed by atoms with Crippen LogP contribution in [0.4, 0.5) is 13.2 Å². The number of halogens is 3. The molecule has 2 aromatic heterocycles. The van der Waals surface area contributed by atoms with E-state index in [4.69, 9.17) is 0 Å². The monoisotopic (exact) mass is 527 g/mol. The Labute approximate surface area is 218 Å². The standard InChI is InChI=1S/C27H28F3N5OS/c1-5-35-15-22(26(32-35)27(28,29)30)25-17(2)8-6-9-19(25)21-14-34(24(36)10-7-11-33(3)4)16-23-20(21)12-18(13-31)37-23/h6-10,12,15,21H,5,11,14,16H2,1-4H3/b10-7+/t21-/m0/s1. The van der Waals surface area contributed by atoms with Gasteiger partial charge < -0.3 is 9.80 Å². The van der Waals surface area contributed by atoms with Gasteiger partial charge in [-0.3, -0.25) is 9.48 Å². The van der Waals surface area contributed by atoms with Crippen molar-refractivity contribution in [1.29, 1.82) is 5.26 Å². The molecular weight excluding hydrogens is 499 g/mol. The van der Waals surface area contributed by atoms with Gasteiger partial charge in [-0.05, 0) is 56.3 Å². The molecule has 3 heterocycles. The number of hydrogen-bond donors (Lipinski definition) is 0. The van der Waals surface area contributed by atoms with Crippen LogP contribution in [-0.4, -0.2) is 52.7 Å². The van der Waals surface area contributed by atoms with Gasteiger partial charge in [-0.2, -0.15) is 23.5 Å². The van der Waals surface area contributed by atoms with Crippen LogP contribution in [0.15, 0.2) is 42.6 Å². The summed E-state index contributed by atoms with van der Waals surface area (Å²) in [5.41, 5.74) is 1.81. The van der Waals surface area contributed by atoms with Gasteiger partial charge >= 0.3 is 6.18 Å². The van der Waals surface area contributed by atoms with Crippen LogP contribution in [0.3, 0.4) is 0 Å². The summed E-state index contributed by atoms with van der Waals surface area (Å²) in [4.78, 5) is 18.1. The summed E-state index contributed by atoms with van der Waals surface area (Å²) in [5.74, 6) is -0.567. The van der Waals surface area contributed by atoms with Crippen LogP contribution in [0.2, 0.25) is 0 Å². The molecule has 0 aliphatic carbocycles. The molecule has 0 unspecified atom stereocenters. The number of carbonyl (C=O) groups is 1. The lowest BCUT2D eigenvalue weighted by Gasteiger charge is -2.34. The van der Waals surface area contributed by atoms with E-state index in [1.165, 1.54) is 28.3 Å². The van der Waals surface area contributed by atoms with E-state index in [0.29, 0.717) is 47.7 Å². The van der Waals surface area contributed by atoms with Crippen molar-refractivity contribution >= 4 is 17.2 Å². The number of alkyl halides is 3. The van der Waals surface area contributed by atoms with Crippen LogP contribution >= 0.6 is 11.3 Å². The third-order valence-corrected chi connectivity index (χ3v) is 7.45. The zero-order valence-electron chi connectivity index (χ0n) is 21.1. The summed E-state index contributed by atoms with van der Waals surface area (Å²) in [6.07, 6.45) is 0.141. The molecule has 4 rings (SSSR count). The summed E-state index contributed by atoms with van der Waals surface area (Å²) in [6.45, 7) is 5.08. The molecule has 37 heavy (non-hydrogen) atoms. The highest BCUT2D eigenvalue weighted by atomic mass is 32.1. The molecule has 0 saturated carbocycles. The molecule has 194 valence electrons. The molecule has 1 aliphatic rings. The number of rotatable bonds is 6. The summed E-state index contributed by atoms with van der Waals surface area (Å²) >= 11 is 1.32. The van der Waals surface area contributed by atoms with Crippen LogP contribution in [0, 0.1) is 18.3 Å². The maximum Gasteiger partial charge on any atom is 0.435 e. The molecule has 0 N–H and O–H groups in total. The van der Waals surface area contributed by atoms with Gasteiger partial charge in [-0.15, -0.1) is 11.3 Å². The minimum absolute atomic E-state index is 0.0223. The van der Waals surface area contributed by atoms with Gasteiger partial charge in [0, 0.05) is 48.3 Å². The second-order valence-electron chi connectivity index (χ2n) is 9.32. The Morgan fingerprint density at radius 3 is 2.73 bits per heavy atom. The molecule has 6 nitrogen and oxygen atoms in total. The largest absolute Gasteiger partial charge is 0.435 e. The lowest BCUT2D eigenvalue weighted by atomic mass is 9.82. The fourth-order valence-corrected chi connectivity index (χ4v) is 5.74. The highest BCUT2D eigenvalue weighted by molar-refractivity contribution is 7.12. The van der Waals surface area contributed by atoms with E-state index in [1.54, 1.807) is 37.0 Å². The summed E-state index contributed by atoms with van der Waals surface area (Å²) in [5, 5.41) is 13.4. The van der Waals surface area contributed by atoms with Gasteiger partial charge in [0.1, 0.15) is 10.9 Å². The van der Waals surface area contributed by atoms with Crippen LogP contribution in [0.5, 0.6) is 0 Å². The van der Waals surface area contributed by atoms with E-state index in [9.17, 15) is 23.2 Å². The molecule has 0 bridgehead atoms. The van der Waals surface area contributed by atoms with Crippen LogP contribution in [0.25, 0.3) is 11.1 Å². The predicted molar refractivity (Wildman–Crippen MR) is 137 cm³/mol. The third-order valence-electron chi connectivity index (χ3n) is 6.41. The molecule has 1 amide bonds. The molecule has 10 heteroatoms. The van der Waals surface area contributed by atoms with Crippen molar-refractivity contribution in [1.82, 2.24) is 19.6 Å². The number of fused-ring (bicyclic) bond motifs is 1. The molecule has 1 atom stereocenters. The van der Waals surface area contributed by atoms with Crippen molar-refractivity contribution in [3.63, 3.8) is 0 Å². The van der Waals surface area contributed by atoms with Gasteiger partial charge in [0.25, 0.3) is 0 Å². The second-order valence-corrected chi connectivity index (χ2v) is 10.5. The summed E-state index contributed by atoms with van der Waals surface area (Å²) < 4.78 is 43.4. The molecule has 0 saturated heterocycles. The Hall–Kier alpha value is -3.42. The molecule has 0 fully saturated rings. The first-order valence-corrected chi connectivity index (χ1v) is 12.7. The summed E-state index contributed by atoms with van der Waals surface area (Å²) in [6, 6.07) is 9.41. The number of nitriles is 1. The number of aryl methyl sites for hydroxylation is 2. The Kier molecular flexibility index (Phi) is 7.57. The number of likely N-dealkylation sites (N-methyl/N-ethyl adjacent to an activating group) is 1. The maximum absolute atomic E-state index is 14.0. The minimum atomic E-state index is -4.62. The Bertz CT molecular complexity index is 1380. The lowest BCUT2D eigenvalue weighted by Crippen LogP contribution is -2.37. The third kappa shape index (κ3) is 5.48. The normalized spacial score (nSPS) is 15.9. The van der Waals surface area contributed by atoms with Crippen molar-refractivity contribution in [2.24, 2.45) is 0 Å². The van der Waals surface area contributed by atoms with Gasteiger partial charge in [0.2, 0.25) is 5.91 Å². The second kappa shape index (κ2) is 10.5. The van der Waals surface area contributed by atoms with Crippen molar-refractivity contribution in [2.45, 2.75) is 39.0 Å². The Morgan fingerprint density at radius 1 is 1.32 bits per heavy atom. The predicted octanol–water partition coefficient (Wildman–Crippen LogP) is 5.42. The summed E-state index contributed by atoms with van der Waals surface area (Å²) in [7, 11) is 3.81. The van der Waals surface area contributed by atoms with Crippen molar-refractivity contribution in [3.8, 4) is 17.2 Å². The van der Waals surface area contributed by atoms with Crippen LogP contribution in [0.1, 0.15) is 45.0 Å². The number of amides is 1. The molecule has 1 aliphatic heterocycles. The minimum Gasteiger partial charge on any atom is -0.333 e. The molecule has 0 spiro atoms. The molecular formula is C27H28F3N5OS. The number of carbonyl (C=O) groups excluding carboxylic acids is 1. The smallest absolute Gasteiger partial charge is 0.333 e. The molecule has 3 aromatic rings. The number of aromatic nitrogens is 2. The van der Waals surface area contributed by atoms with Crippen molar-refractivity contribution in [3.05, 3.63) is 74.8 Å². The first-order valence-electron chi connectivity index (χ1n) is 11.9. The number of thiophene rings is 1. The average molecular weight is 528 g/mol. The van der Waals surface area contributed by atoms with Gasteiger partial charge in [0.05, 0.1) is 6.54 Å². The first-order chi connectivity index (χ1) is 17.5. The first kappa shape index (κ1) is 26.6. The maximum atomic E-state index is 14.0. The van der Waals surface area contributed by atoms with Crippen LogP contribution < -0.4 is 0 Å². The van der Waals surface area contributed by atoms with E-state index in [-0.39, 0.29) is 11.5 Å². The number of hydrogen-bond acceptors (Lipinski definition) is 5. The Morgan fingerprint density at radius 2 is 2.08 bits per heavy atom. The van der Waals surface area contributed by atoms with E-state index >= 15 is 0 Å².